The molecule has 0 aromatic heterocycles. The number of aliphatic hydroxyl groups excluding tert-OH is 1. The number of hydrogen-bond acceptors (Lipinski definition) is 3. The van der Waals surface area contributed by atoms with Crippen molar-refractivity contribution in [3.8, 4) is 0 Å². The number of esters is 1. The molecular weight excluding hydrogens is 168 g/mol. The largest absolute Gasteiger partial charge is 0.511 e. The zero-order valence-electron chi connectivity index (χ0n) is 7.91. The first kappa shape index (κ1) is 9.84. The highest BCUT2D eigenvalue weighted by Gasteiger charge is 2.18. The van der Waals surface area contributed by atoms with E-state index in [0.29, 0.717) is 18.6 Å². The van der Waals surface area contributed by atoms with E-state index in [-0.39, 0.29) is 11.7 Å². The summed E-state index contributed by atoms with van der Waals surface area (Å²) in [6.45, 7) is 4.05. The van der Waals surface area contributed by atoms with E-state index in [4.69, 9.17) is 4.74 Å². The van der Waals surface area contributed by atoms with Crippen LogP contribution in [0, 0.1) is 5.92 Å². The van der Waals surface area contributed by atoms with Crippen molar-refractivity contribution in [2.75, 3.05) is 6.61 Å². The molecule has 0 aromatic rings. The number of carbonyl (C=O) groups is 1. The summed E-state index contributed by atoms with van der Waals surface area (Å²) in [4.78, 5) is 11.2. The zero-order valence-corrected chi connectivity index (χ0v) is 7.91. The van der Waals surface area contributed by atoms with E-state index >= 15 is 0 Å². The Morgan fingerprint density at radius 1 is 1.77 bits per heavy atom. The molecule has 3 heteroatoms. The third-order valence-corrected chi connectivity index (χ3v) is 1.91. The van der Waals surface area contributed by atoms with Gasteiger partial charge in [0.25, 0.3) is 0 Å². The monoisotopic (exact) mass is 182 g/mol. The third kappa shape index (κ3) is 2.34. The van der Waals surface area contributed by atoms with Crippen LogP contribution in [0.5, 0.6) is 0 Å². The first-order valence-electron chi connectivity index (χ1n) is 4.42. The molecule has 1 aliphatic rings. The van der Waals surface area contributed by atoms with Crippen molar-refractivity contribution in [3.05, 3.63) is 23.5 Å². The molecular formula is C10H14O3. The molecule has 1 aliphatic carbocycles. The summed E-state index contributed by atoms with van der Waals surface area (Å²) in [6.07, 6.45) is 4.04. The number of allylic oxidation sites excluding steroid dienone is 2. The number of rotatable bonds is 2. The standard InChI is InChI=1S/C10H14O3/c1-3-13-10(12)8-5-4-7(2)6-9(8)11/h4-5,7,11H,3,6H2,1-2H3. The molecule has 0 heterocycles. The Labute approximate surface area is 77.7 Å². The van der Waals surface area contributed by atoms with Gasteiger partial charge >= 0.3 is 5.97 Å². The molecule has 0 radical (unpaired) electrons. The molecule has 1 rings (SSSR count). The van der Waals surface area contributed by atoms with Gasteiger partial charge in [0, 0.05) is 6.42 Å². The Hall–Kier alpha value is -1.25. The minimum atomic E-state index is -0.442. The lowest BCUT2D eigenvalue weighted by atomic mass is 9.97. The Kier molecular flexibility index (Phi) is 3.12. The number of aliphatic hydroxyl groups is 1. The van der Waals surface area contributed by atoms with Gasteiger partial charge in [-0.15, -0.1) is 0 Å². The summed E-state index contributed by atoms with van der Waals surface area (Å²) in [6, 6.07) is 0. The summed E-state index contributed by atoms with van der Waals surface area (Å²) < 4.78 is 4.78. The fraction of sp³-hybridized carbons (Fsp3) is 0.500. The fourth-order valence-electron chi connectivity index (χ4n) is 1.23. The predicted molar refractivity (Wildman–Crippen MR) is 49.2 cm³/mol. The van der Waals surface area contributed by atoms with Gasteiger partial charge in [-0.05, 0) is 18.9 Å². The van der Waals surface area contributed by atoms with E-state index in [0.717, 1.165) is 0 Å². The zero-order chi connectivity index (χ0) is 9.84. The highest BCUT2D eigenvalue weighted by Crippen LogP contribution is 2.21. The molecule has 0 aliphatic heterocycles. The van der Waals surface area contributed by atoms with Crippen LogP contribution < -0.4 is 0 Å². The normalized spacial score (nSPS) is 21.8. The van der Waals surface area contributed by atoms with Gasteiger partial charge in [0.1, 0.15) is 5.76 Å². The average Bonchev–Trinajstić information content (AvgIpc) is 2.04. The van der Waals surface area contributed by atoms with Gasteiger partial charge in [0.2, 0.25) is 0 Å². The molecule has 13 heavy (non-hydrogen) atoms. The Balaban J connectivity index is 2.75. The summed E-state index contributed by atoms with van der Waals surface area (Å²) >= 11 is 0. The SMILES string of the molecule is CCOC(=O)C1=C(O)CC(C)C=C1. The lowest BCUT2D eigenvalue weighted by Crippen LogP contribution is -2.12. The minimum Gasteiger partial charge on any atom is -0.511 e. The second-order valence-corrected chi connectivity index (χ2v) is 3.12. The van der Waals surface area contributed by atoms with Crippen LogP contribution in [-0.2, 0) is 9.53 Å². The lowest BCUT2D eigenvalue weighted by Gasteiger charge is -2.14. The van der Waals surface area contributed by atoms with Crippen molar-refractivity contribution in [1.82, 2.24) is 0 Å². The van der Waals surface area contributed by atoms with E-state index in [2.05, 4.69) is 0 Å². The minimum absolute atomic E-state index is 0.133. The van der Waals surface area contributed by atoms with Crippen LogP contribution in [-0.4, -0.2) is 17.7 Å². The predicted octanol–water partition coefficient (Wildman–Crippen LogP) is 1.96. The van der Waals surface area contributed by atoms with Gasteiger partial charge in [0.05, 0.1) is 12.2 Å². The molecule has 1 atom stereocenters. The molecule has 0 saturated heterocycles. The molecule has 0 spiro atoms. The summed E-state index contributed by atoms with van der Waals surface area (Å²) in [5.41, 5.74) is 0.292. The molecule has 0 aromatic carbocycles. The molecule has 0 amide bonds. The second-order valence-electron chi connectivity index (χ2n) is 3.12. The molecule has 0 bridgehead atoms. The molecule has 0 fully saturated rings. The molecule has 0 saturated carbocycles. The van der Waals surface area contributed by atoms with Crippen LogP contribution in [0.4, 0.5) is 0 Å². The quantitative estimate of drug-likeness (QED) is 0.664. The second kappa shape index (κ2) is 4.12. The molecule has 3 nitrogen and oxygen atoms in total. The van der Waals surface area contributed by atoms with Gasteiger partial charge in [-0.25, -0.2) is 4.79 Å². The number of carbonyl (C=O) groups excluding carboxylic acids is 1. The van der Waals surface area contributed by atoms with Crippen molar-refractivity contribution in [3.63, 3.8) is 0 Å². The fourth-order valence-corrected chi connectivity index (χ4v) is 1.23. The van der Waals surface area contributed by atoms with Crippen LogP contribution in [0.25, 0.3) is 0 Å². The maximum absolute atomic E-state index is 11.2. The van der Waals surface area contributed by atoms with Crippen molar-refractivity contribution in [2.45, 2.75) is 20.3 Å². The van der Waals surface area contributed by atoms with Crippen LogP contribution in [0.1, 0.15) is 20.3 Å². The van der Waals surface area contributed by atoms with Crippen LogP contribution in [0.15, 0.2) is 23.5 Å². The van der Waals surface area contributed by atoms with Gasteiger partial charge in [-0.1, -0.05) is 13.0 Å². The number of ether oxygens (including phenoxy) is 1. The Morgan fingerprint density at radius 3 is 3.00 bits per heavy atom. The van der Waals surface area contributed by atoms with Gasteiger partial charge in [-0.2, -0.15) is 0 Å². The van der Waals surface area contributed by atoms with Crippen LogP contribution >= 0.6 is 0 Å². The summed E-state index contributed by atoms with van der Waals surface area (Å²) in [5.74, 6) is -0.0187. The van der Waals surface area contributed by atoms with E-state index in [9.17, 15) is 9.90 Å². The van der Waals surface area contributed by atoms with Crippen LogP contribution in [0.3, 0.4) is 0 Å². The van der Waals surface area contributed by atoms with Gasteiger partial charge in [-0.3, -0.25) is 0 Å². The number of hydrogen-bond donors (Lipinski definition) is 1. The summed E-state index contributed by atoms with van der Waals surface area (Å²) in [5, 5.41) is 9.46. The van der Waals surface area contributed by atoms with Gasteiger partial charge < -0.3 is 9.84 Å². The Bertz CT molecular complexity index is 263. The summed E-state index contributed by atoms with van der Waals surface area (Å²) in [7, 11) is 0. The lowest BCUT2D eigenvalue weighted by molar-refractivity contribution is -0.138. The van der Waals surface area contributed by atoms with Crippen molar-refractivity contribution in [1.29, 1.82) is 0 Å². The van der Waals surface area contributed by atoms with Crippen molar-refractivity contribution >= 4 is 5.97 Å². The first-order valence-corrected chi connectivity index (χ1v) is 4.42. The average molecular weight is 182 g/mol. The van der Waals surface area contributed by atoms with Crippen molar-refractivity contribution in [2.24, 2.45) is 5.92 Å². The van der Waals surface area contributed by atoms with E-state index in [1.54, 1.807) is 13.0 Å². The van der Waals surface area contributed by atoms with E-state index in [1.807, 2.05) is 13.0 Å². The third-order valence-electron chi connectivity index (χ3n) is 1.91. The Morgan fingerprint density at radius 2 is 2.46 bits per heavy atom. The van der Waals surface area contributed by atoms with Gasteiger partial charge in [0.15, 0.2) is 0 Å². The maximum Gasteiger partial charge on any atom is 0.341 e. The molecule has 72 valence electrons. The van der Waals surface area contributed by atoms with E-state index < -0.39 is 5.97 Å². The van der Waals surface area contributed by atoms with Crippen LogP contribution in [0.2, 0.25) is 0 Å². The van der Waals surface area contributed by atoms with E-state index in [1.165, 1.54) is 0 Å². The molecule has 1 unspecified atom stereocenters. The highest BCUT2D eigenvalue weighted by atomic mass is 16.5. The highest BCUT2D eigenvalue weighted by molar-refractivity contribution is 5.92. The van der Waals surface area contributed by atoms with Crippen molar-refractivity contribution < 1.29 is 14.6 Å². The topological polar surface area (TPSA) is 46.5 Å². The smallest absolute Gasteiger partial charge is 0.341 e. The first-order chi connectivity index (χ1) is 6.15. The molecule has 1 N–H and O–H groups in total. The maximum atomic E-state index is 11.2.